The van der Waals surface area contributed by atoms with E-state index in [0.29, 0.717) is 21.5 Å². The molecule has 0 heterocycles. The Hall–Kier alpha value is -0.780. The van der Waals surface area contributed by atoms with E-state index in [4.69, 9.17) is 14.6 Å². The highest BCUT2D eigenvalue weighted by molar-refractivity contribution is 9.10. The van der Waals surface area contributed by atoms with Crippen molar-refractivity contribution in [2.24, 2.45) is 0 Å². The molecule has 1 atom stereocenters. The molecule has 1 aromatic carbocycles. The van der Waals surface area contributed by atoms with Crippen molar-refractivity contribution in [3.05, 3.63) is 22.2 Å². The second-order valence-electron chi connectivity index (χ2n) is 2.90. The third-order valence-electron chi connectivity index (χ3n) is 2.05. The van der Waals surface area contributed by atoms with Crippen LogP contribution in [0.2, 0.25) is 0 Å². The largest absolute Gasteiger partial charge is 0.493 e. The summed E-state index contributed by atoms with van der Waals surface area (Å²) in [5.41, 5.74) is 0.565. The Kier molecular flexibility index (Phi) is 4.38. The molecule has 0 radical (unpaired) electrons. The van der Waals surface area contributed by atoms with Crippen molar-refractivity contribution < 1.29 is 19.7 Å². The second kappa shape index (κ2) is 5.34. The monoisotopic (exact) mass is 276 g/mol. The van der Waals surface area contributed by atoms with Crippen LogP contribution in [0.3, 0.4) is 0 Å². The molecule has 1 rings (SSSR count). The van der Waals surface area contributed by atoms with Crippen molar-refractivity contribution in [1.82, 2.24) is 0 Å². The molecule has 15 heavy (non-hydrogen) atoms. The number of hydrogen-bond acceptors (Lipinski definition) is 4. The Labute approximate surface area is 96.6 Å². The van der Waals surface area contributed by atoms with Gasteiger partial charge in [0.15, 0.2) is 11.5 Å². The van der Waals surface area contributed by atoms with E-state index in [-0.39, 0.29) is 6.61 Å². The van der Waals surface area contributed by atoms with Crippen LogP contribution in [0.25, 0.3) is 0 Å². The van der Waals surface area contributed by atoms with Crippen LogP contribution in [-0.2, 0) is 0 Å². The van der Waals surface area contributed by atoms with Gasteiger partial charge in [0.25, 0.3) is 0 Å². The number of rotatable bonds is 4. The van der Waals surface area contributed by atoms with Crippen molar-refractivity contribution in [1.29, 1.82) is 0 Å². The average Bonchev–Trinajstić information content (AvgIpc) is 2.27. The lowest BCUT2D eigenvalue weighted by Gasteiger charge is -2.15. The van der Waals surface area contributed by atoms with Crippen molar-refractivity contribution in [2.45, 2.75) is 6.10 Å². The van der Waals surface area contributed by atoms with Crippen molar-refractivity contribution in [3.8, 4) is 11.5 Å². The van der Waals surface area contributed by atoms with E-state index in [2.05, 4.69) is 15.9 Å². The lowest BCUT2D eigenvalue weighted by molar-refractivity contribution is 0.0947. The zero-order valence-corrected chi connectivity index (χ0v) is 10.1. The molecule has 0 saturated carbocycles. The lowest BCUT2D eigenvalue weighted by Crippen LogP contribution is -2.04. The van der Waals surface area contributed by atoms with Gasteiger partial charge in [-0.15, -0.1) is 0 Å². The first-order chi connectivity index (χ1) is 7.15. The molecule has 0 bridgehead atoms. The first kappa shape index (κ1) is 12.3. The van der Waals surface area contributed by atoms with Crippen molar-refractivity contribution in [3.63, 3.8) is 0 Å². The fourth-order valence-electron chi connectivity index (χ4n) is 1.26. The van der Waals surface area contributed by atoms with Crippen LogP contribution < -0.4 is 9.47 Å². The van der Waals surface area contributed by atoms with E-state index < -0.39 is 6.10 Å². The summed E-state index contributed by atoms with van der Waals surface area (Å²) in [6.07, 6.45) is -0.931. The van der Waals surface area contributed by atoms with E-state index in [1.807, 2.05) is 0 Å². The smallest absolute Gasteiger partial charge is 0.175 e. The molecule has 0 spiro atoms. The summed E-state index contributed by atoms with van der Waals surface area (Å²) in [6, 6.07) is 3.35. The molecular formula is C10H13BrO4. The minimum absolute atomic E-state index is 0.339. The van der Waals surface area contributed by atoms with Crippen LogP contribution in [0.5, 0.6) is 11.5 Å². The average molecular weight is 277 g/mol. The fraction of sp³-hybridized carbons (Fsp3) is 0.400. The zero-order valence-electron chi connectivity index (χ0n) is 8.53. The van der Waals surface area contributed by atoms with E-state index in [9.17, 15) is 5.11 Å². The quantitative estimate of drug-likeness (QED) is 0.875. The van der Waals surface area contributed by atoms with Crippen molar-refractivity contribution in [2.75, 3.05) is 20.8 Å². The Bertz CT molecular complexity index is 340. The first-order valence-electron chi connectivity index (χ1n) is 4.35. The van der Waals surface area contributed by atoms with Crippen LogP contribution in [0.15, 0.2) is 16.6 Å². The number of benzene rings is 1. The van der Waals surface area contributed by atoms with Gasteiger partial charge < -0.3 is 19.7 Å². The molecule has 0 aliphatic carbocycles. The summed E-state index contributed by atoms with van der Waals surface area (Å²) in [7, 11) is 3.05. The summed E-state index contributed by atoms with van der Waals surface area (Å²) in [5, 5.41) is 18.4. The molecule has 0 amide bonds. The molecular weight excluding hydrogens is 264 g/mol. The van der Waals surface area contributed by atoms with Gasteiger partial charge in [-0.1, -0.05) is 6.07 Å². The maximum atomic E-state index is 9.52. The summed E-state index contributed by atoms with van der Waals surface area (Å²) in [5.74, 6) is 1.07. The minimum atomic E-state index is -0.931. The number of methoxy groups -OCH3 is 2. The number of aliphatic hydroxyl groups excluding tert-OH is 2. The molecule has 0 saturated heterocycles. The van der Waals surface area contributed by atoms with E-state index >= 15 is 0 Å². The molecule has 1 unspecified atom stereocenters. The summed E-state index contributed by atoms with van der Waals surface area (Å²) in [6.45, 7) is -0.339. The normalized spacial score (nSPS) is 12.3. The highest BCUT2D eigenvalue weighted by atomic mass is 79.9. The van der Waals surface area contributed by atoms with Crippen LogP contribution in [0, 0.1) is 0 Å². The second-order valence-corrected chi connectivity index (χ2v) is 3.70. The predicted octanol–water partition coefficient (Wildman–Crippen LogP) is 1.49. The minimum Gasteiger partial charge on any atom is -0.493 e. The van der Waals surface area contributed by atoms with Gasteiger partial charge in [-0.05, 0) is 22.0 Å². The Morgan fingerprint density at radius 1 is 1.33 bits per heavy atom. The molecule has 84 valence electrons. The van der Waals surface area contributed by atoms with Gasteiger partial charge in [0.2, 0.25) is 0 Å². The topological polar surface area (TPSA) is 58.9 Å². The van der Waals surface area contributed by atoms with Crippen LogP contribution in [0.4, 0.5) is 0 Å². The van der Waals surface area contributed by atoms with E-state index in [1.165, 1.54) is 14.2 Å². The van der Waals surface area contributed by atoms with Gasteiger partial charge in [-0.3, -0.25) is 0 Å². The molecule has 1 aromatic rings. The molecule has 0 aromatic heterocycles. The third-order valence-corrected chi connectivity index (χ3v) is 2.86. The third kappa shape index (κ3) is 2.42. The molecule has 0 aliphatic rings. The van der Waals surface area contributed by atoms with Gasteiger partial charge in [0.05, 0.1) is 25.3 Å². The lowest BCUT2D eigenvalue weighted by atomic mass is 10.1. The molecule has 0 fully saturated rings. The van der Waals surface area contributed by atoms with Crippen LogP contribution in [-0.4, -0.2) is 31.0 Å². The fourth-order valence-corrected chi connectivity index (χ4v) is 2.01. The van der Waals surface area contributed by atoms with Gasteiger partial charge in [-0.25, -0.2) is 0 Å². The van der Waals surface area contributed by atoms with Gasteiger partial charge in [0, 0.05) is 5.56 Å². The Balaban J connectivity index is 3.22. The highest BCUT2D eigenvalue weighted by Gasteiger charge is 2.17. The number of ether oxygens (including phenoxy) is 2. The summed E-state index contributed by atoms with van der Waals surface area (Å²) in [4.78, 5) is 0. The number of hydrogen-bond donors (Lipinski definition) is 2. The summed E-state index contributed by atoms with van der Waals surface area (Å²) < 4.78 is 10.8. The maximum absolute atomic E-state index is 9.52. The SMILES string of the molecule is COc1ccc(C(O)CO)c(Br)c1OC. The number of aliphatic hydroxyl groups is 2. The zero-order chi connectivity index (χ0) is 11.4. The maximum Gasteiger partial charge on any atom is 0.175 e. The molecule has 2 N–H and O–H groups in total. The van der Waals surface area contributed by atoms with Gasteiger partial charge in [-0.2, -0.15) is 0 Å². The van der Waals surface area contributed by atoms with Gasteiger partial charge >= 0.3 is 0 Å². The van der Waals surface area contributed by atoms with E-state index in [1.54, 1.807) is 12.1 Å². The van der Waals surface area contributed by atoms with Crippen molar-refractivity contribution >= 4 is 15.9 Å². The van der Waals surface area contributed by atoms with Crippen LogP contribution >= 0.6 is 15.9 Å². The first-order valence-corrected chi connectivity index (χ1v) is 5.14. The molecule has 4 nitrogen and oxygen atoms in total. The van der Waals surface area contributed by atoms with E-state index in [0.717, 1.165) is 0 Å². The standard InChI is InChI=1S/C10H13BrO4/c1-14-8-4-3-6(7(13)5-12)9(11)10(8)15-2/h3-4,7,12-13H,5H2,1-2H3. The molecule has 0 aliphatic heterocycles. The van der Waals surface area contributed by atoms with Crippen LogP contribution in [0.1, 0.15) is 11.7 Å². The Morgan fingerprint density at radius 3 is 2.47 bits per heavy atom. The predicted molar refractivity (Wildman–Crippen MR) is 59.3 cm³/mol. The highest BCUT2D eigenvalue weighted by Crippen LogP contribution is 2.39. The molecule has 5 heteroatoms. The van der Waals surface area contributed by atoms with Gasteiger partial charge in [0.1, 0.15) is 6.10 Å². The summed E-state index contributed by atoms with van der Waals surface area (Å²) >= 11 is 3.30. The Morgan fingerprint density at radius 2 is 2.00 bits per heavy atom. The number of halogens is 1.